The Balaban J connectivity index is 2.52. The fourth-order valence-corrected chi connectivity index (χ4v) is 3.68. The van der Waals surface area contributed by atoms with Crippen molar-refractivity contribution in [2.24, 2.45) is 5.84 Å². The molecule has 1 heterocycles. The summed E-state index contributed by atoms with van der Waals surface area (Å²) in [5, 5.41) is 2.57. The molecular formula is C10H17ClN2O2S2. The van der Waals surface area contributed by atoms with E-state index >= 15 is 0 Å². The highest BCUT2D eigenvalue weighted by Crippen LogP contribution is 2.30. The third-order valence-electron chi connectivity index (χ3n) is 2.55. The van der Waals surface area contributed by atoms with Gasteiger partial charge in [0.15, 0.2) is 0 Å². The maximum atomic E-state index is 11.3. The van der Waals surface area contributed by atoms with Gasteiger partial charge in [0.1, 0.15) is 9.84 Å². The summed E-state index contributed by atoms with van der Waals surface area (Å²) in [6.07, 6.45) is 1.25. The van der Waals surface area contributed by atoms with Crippen LogP contribution in [0.15, 0.2) is 11.4 Å². The molecule has 1 atom stereocenters. The van der Waals surface area contributed by atoms with Gasteiger partial charge in [-0.3, -0.25) is 11.3 Å². The van der Waals surface area contributed by atoms with E-state index in [1.54, 1.807) is 6.92 Å². The van der Waals surface area contributed by atoms with Crippen molar-refractivity contribution in [3.8, 4) is 0 Å². The van der Waals surface area contributed by atoms with Crippen LogP contribution in [0.3, 0.4) is 0 Å². The van der Waals surface area contributed by atoms with Crippen LogP contribution < -0.4 is 11.3 Å². The summed E-state index contributed by atoms with van der Waals surface area (Å²) in [6.45, 7) is 1.66. The fourth-order valence-electron chi connectivity index (χ4n) is 1.50. The van der Waals surface area contributed by atoms with Gasteiger partial charge in [-0.1, -0.05) is 18.5 Å². The van der Waals surface area contributed by atoms with Crippen LogP contribution in [0.1, 0.15) is 30.7 Å². The Labute approximate surface area is 111 Å². The summed E-state index contributed by atoms with van der Waals surface area (Å²) in [4.78, 5) is 0.961. The number of hydrogen-bond donors (Lipinski definition) is 2. The highest BCUT2D eigenvalue weighted by atomic mass is 35.5. The standard InChI is InChI=1S/C10H17ClN2O2S2/c1-2-17(14,15)7-3-4-9(13-12)10-8(11)5-6-16-10/h5-6,9,13H,2-4,7,12H2,1H3. The average molecular weight is 297 g/mol. The molecular weight excluding hydrogens is 280 g/mol. The molecule has 98 valence electrons. The van der Waals surface area contributed by atoms with Gasteiger partial charge < -0.3 is 0 Å². The van der Waals surface area contributed by atoms with Crippen LogP contribution >= 0.6 is 22.9 Å². The van der Waals surface area contributed by atoms with Gasteiger partial charge in [0.25, 0.3) is 0 Å². The highest BCUT2D eigenvalue weighted by molar-refractivity contribution is 7.91. The molecule has 1 aromatic heterocycles. The van der Waals surface area contributed by atoms with Crippen LogP contribution in [-0.2, 0) is 9.84 Å². The monoisotopic (exact) mass is 296 g/mol. The molecule has 1 unspecified atom stereocenters. The van der Waals surface area contributed by atoms with Gasteiger partial charge >= 0.3 is 0 Å². The number of rotatable bonds is 7. The van der Waals surface area contributed by atoms with Crippen molar-refractivity contribution in [1.82, 2.24) is 5.43 Å². The smallest absolute Gasteiger partial charge is 0.150 e. The molecule has 0 aliphatic heterocycles. The molecule has 0 fully saturated rings. The summed E-state index contributed by atoms with van der Waals surface area (Å²) >= 11 is 7.53. The predicted molar refractivity (Wildman–Crippen MR) is 73.0 cm³/mol. The number of hydrazine groups is 1. The number of halogens is 1. The minimum Gasteiger partial charge on any atom is -0.271 e. The average Bonchev–Trinajstić information content (AvgIpc) is 2.71. The third kappa shape index (κ3) is 4.56. The van der Waals surface area contributed by atoms with Crippen molar-refractivity contribution in [3.63, 3.8) is 0 Å². The van der Waals surface area contributed by atoms with E-state index in [1.165, 1.54) is 11.3 Å². The number of sulfone groups is 1. The number of nitrogens with two attached hydrogens (primary N) is 1. The summed E-state index contributed by atoms with van der Waals surface area (Å²) < 4.78 is 22.7. The molecule has 0 aliphatic carbocycles. The number of nitrogens with one attached hydrogen (secondary N) is 1. The highest BCUT2D eigenvalue weighted by Gasteiger charge is 2.16. The minimum absolute atomic E-state index is 0.0745. The van der Waals surface area contributed by atoms with Gasteiger partial charge in [-0.15, -0.1) is 11.3 Å². The summed E-state index contributed by atoms with van der Waals surface area (Å²) in [5.41, 5.74) is 2.68. The van der Waals surface area contributed by atoms with E-state index in [1.807, 2.05) is 11.4 Å². The first-order chi connectivity index (χ1) is 8.00. The van der Waals surface area contributed by atoms with Crippen LogP contribution in [0, 0.1) is 0 Å². The van der Waals surface area contributed by atoms with Crippen LogP contribution in [0.4, 0.5) is 0 Å². The van der Waals surface area contributed by atoms with Gasteiger partial charge in [-0.25, -0.2) is 8.42 Å². The van der Waals surface area contributed by atoms with E-state index in [2.05, 4.69) is 5.43 Å². The number of hydrogen-bond acceptors (Lipinski definition) is 5. The van der Waals surface area contributed by atoms with Crippen LogP contribution in [0.5, 0.6) is 0 Å². The van der Waals surface area contributed by atoms with Crippen molar-refractivity contribution in [2.75, 3.05) is 11.5 Å². The Morgan fingerprint density at radius 2 is 2.29 bits per heavy atom. The molecule has 1 aromatic rings. The summed E-state index contributed by atoms with van der Waals surface area (Å²) in [7, 11) is -2.90. The topological polar surface area (TPSA) is 72.2 Å². The minimum atomic E-state index is -2.90. The molecule has 3 N–H and O–H groups in total. The SMILES string of the molecule is CCS(=O)(=O)CCCC(NN)c1sccc1Cl. The van der Waals surface area contributed by atoms with E-state index < -0.39 is 9.84 Å². The molecule has 0 amide bonds. The molecule has 17 heavy (non-hydrogen) atoms. The van der Waals surface area contributed by atoms with E-state index in [-0.39, 0.29) is 17.5 Å². The second-order valence-corrected chi connectivity index (χ2v) is 7.56. The van der Waals surface area contributed by atoms with Crippen molar-refractivity contribution in [2.45, 2.75) is 25.8 Å². The van der Waals surface area contributed by atoms with E-state index in [0.29, 0.717) is 17.9 Å². The largest absolute Gasteiger partial charge is 0.271 e. The van der Waals surface area contributed by atoms with Crippen molar-refractivity contribution >= 4 is 32.8 Å². The van der Waals surface area contributed by atoms with Gasteiger partial charge in [-0.2, -0.15) is 0 Å². The molecule has 0 bridgehead atoms. The van der Waals surface area contributed by atoms with Gasteiger partial charge in [-0.05, 0) is 24.3 Å². The zero-order chi connectivity index (χ0) is 12.9. The Morgan fingerprint density at radius 3 is 2.76 bits per heavy atom. The lowest BCUT2D eigenvalue weighted by Crippen LogP contribution is -2.28. The molecule has 0 radical (unpaired) electrons. The molecule has 4 nitrogen and oxygen atoms in total. The van der Waals surface area contributed by atoms with E-state index in [0.717, 1.165) is 4.88 Å². The molecule has 0 aromatic carbocycles. The number of thiophene rings is 1. The maximum Gasteiger partial charge on any atom is 0.150 e. The predicted octanol–water partition coefficient (Wildman–Crippen LogP) is 2.12. The van der Waals surface area contributed by atoms with E-state index in [4.69, 9.17) is 17.4 Å². The molecule has 0 aliphatic rings. The quantitative estimate of drug-likeness (QED) is 0.597. The lowest BCUT2D eigenvalue weighted by molar-refractivity contribution is 0.514. The lowest BCUT2D eigenvalue weighted by Gasteiger charge is -2.14. The molecule has 7 heteroatoms. The van der Waals surface area contributed by atoms with Gasteiger partial charge in [0.2, 0.25) is 0 Å². The Morgan fingerprint density at radius 1 is 1.59 bits per heavy atom. The van der Waals surface area contributed by atoms with E-state index in [9.17, 15) is 8.42 Å². The Hall–Kier alpha value is -0.140. The molecule has 0 saturated carbocycles. The second kappa shape index (κ2) is 6.70. The van der Waals surface area contributed by atoms with Crippen LogP contribution in [0.2, 0.25) is 5.02 Å². The van der Waals surface area contributed by atoms with Crippen LogP contribution in [-0.4, -0.2) is 19.9 Å². The van der Waals surface area contributed by atoms with Gasteiger partial charge in [0.05, 0.1) is 16.8 Å². The lowest BCUT2D eigenvalue weighted by atomic mass is 10.1. The third-order valence-corrected chi connectivity index (χ3v) is 5.81. The van der Waals surface area contributed by atoms with Crippen molar-refractivity contribution < 1.29 is 8.42 Å². The summed E-state index contributed by atoms with van der Waals surface area (Å²) in [6, 6.07) is 1.74. The Bertz CT molecular complexity index is 445. The van der Waals surface area contributed by atoms with Crippen molar-refractivity contribution in [3.05, 3.63) is 21.3 Å². The Kier molecular flexibility index (Phi) is 5.88. The zero-order valence-corrected chi connectivity index (χ0v) is 12.0. The molecule has 0 spiro atoms. The second-order valence-electron chi connectivity index (χ2n) is 3.73. The fraction of sp³-hybridized carbons (Fsp3) is 0.600. The van der Waals surface area contributed by atoms with Crippen molar-refractivity contribution in [1.29, 1.82) is 0 Å². The van der Waals surface area contributed by atoms with Crippen LogP contribution in [0.25, 0.3) is 0 Å². The molecule has 0 saturated heterocycles. The molecule has 1 rings (SSSR count). The maximum absolute atomic E-state index is 11.3. The first kappa shape index (κ1) is 14.9. The zero-order valence-electron chi connectivity index (χ0n) is 9.65. The summed E-state index contributed by atoms with van der Waals surface area (Å²) in [5.74, 6) is 5.85. The first-order valence-electron chi connectivity index (χ1n) is 5.39. The normalized spacial score (nSPS) is 13.8. The van der Waals surface area contributed by atoms with Gasteiger partial charge in [0, 0.05) is 10.6 Å². The first-order valence-corrected chi connectivity index (χ1v) is 8.47.